The van der Waals surface area contributed by atoms with Crippen LogP contribution in [0.25, 0.3) is 0 Å². The number of amides is 2. The van der Waals surface area contributed by atoms with E-state index in [9.17, 15) is 9.59 Å². The zero-order valence-corrected chi connectivity index (χ0v) is 13.6. The van der Waals surface area contributed by atoms with Crippen molar-refractivity contribution in [3.63, 3.8) is 0 Å². The minimum atomic E-state index is 0.204. The Morgan fingerprint density at radius 2 is 1.95 bits per heavy atom. The Hall–Kier alpha value is -1.10. The van der Waals surface area contributed by atoms with Crippen molar-refractivity contribution in [2.45, 2.75) is 70.3 Å². The molecule has 5 nitrogen and oxygen atoms in total. The van der Waals surface area contributed by atoms with Gasteiger partial charge in [0, 0.05) is 45.1 Å². The molecular formula is C17H30N2O3. The van der Waals surface area contributed by atoms with E-state index in [0.717, 1.165) is 64.6 Å². The molecule has 2 aliphatic heterocycles. The highest BCUT2D eigenvalue weighted by molar-refractivity contribution is 5.78. The number of hydrogen-bond donors (Lipinski definition) is 1. The minimum absolute atomic E-state index is 0.204. The number of carbonyl (C=O) groups is 2. The zero-order valence-electron chi connectivity index (χ0n) is 13.6. The molecule has 0 radical (unpaired) electrons. The van der Waals surface area contributed by atoms with Crippen LogP contribution >= 0.6 is 0 Å². The number of nitrogens with zero attached hydrogens (tertiary/aromatic N) is 2. The van der Waals surface area contributed by atoms with Crippen molar-refractivity contribution >= 4 is 11.8 Å². The van der Waals surface area contributed by atoms with E-state index in [2.05, 4.69) is 0 Å². The van der Waals surface area contributed by atoms with Gasteiger partial charge in [-0.05, 0) is 51.4 Å². The molecule has 1 unspecified atom stereocenters. The van der Waals surface area contributed by atoms with Crippen molar-refractivity contribution in [3.05, 3.63) is 0 Å². The molecule has 0 bridgehead atoms. The van der Waals surface area contributed by atoms with Crippen LogP contribution in [0.3, 0.4) is 0 Å². The van der Waals surface area contributed by atoms with Crippen LogP contribution < -0.4 is 0 Å². The van der Waals surface area contributed by atoms with Gasteiger partial charge in [0.05, 0.1) is 0 Å². The first-order valence-electron chi connectivity index (χ1n) is 8.90. The average molecular weight is 310 g/mol. The lowest BCUT2D eigenvalue weighted by Gasteiger charge is -2.36. The molecule has 0 saturated carbocycles. The topological polar surface area (TPSA) is 60.9 Å². The first-order valence-corrected chi connectivity index (χ1v) is 8.90. The second-order valence-electron chi connectivity index (χ2n) is 6.54. The minimum Gasteiger partial charge on any atom is -0.396 e. The molecule has 2 rings (SSSR count). The molecule has 5 heteroatoms. The van der Waals surface area contributed by atoms with Crippen molar-refractivity contribution in [2.75, 3.05) is 26.2 Å². The van der Waals surface area contributed by atoms with E-state index in [1.165, 1.54) is 6.42 Å². The fourth-order valence-electron chi connectivity index (χ4n) is 3.62. The molecule has 1 atom stereocenters. The third kappa shape index (κ3) is 4.97. The van der Waals surface area contributed by atoms with Crippen molar-refractivity contribution < 1.29 is 14.7 Å². The highest BCUT2D eigenvalue weighted by Crippen LogP contribution is 2.22. The highest BCUT2D eigenvalue weighted by atomic mass is 16.3. The normalized spacial score (nSPS) is 23.0. The Morgan fingerprint density at radius 3 is 2.73 bits per heavy atom. The fraction of sp³-hybridized carbons (Fsp3) is 0.882. The molecule has 2 fully saturated rings. The Kier molecular flexibility index (Phi) is 7.16. The van der Waals surface area contributed by atoms with E-state index in [1.54, 1.807) is 0 Å². The molecule has 0 aromatic heterocycles. The standard InChI is InChI=1S/C17H30N2O3/c20-14-6-8-15-7-1-4-13-19(15)17(22)10-5-12-18-11-3-2-9-16(18)21/h15,20H,1-14H2. The van der Waals surface area contributed by atoms with E-state index >= 15 is 0 Å². The van der Waals surface area contributed by atoms with Gasteiger partial charge < -0.3 is 14.9 Å². The summed E-state index contributed by atoms with van der Waals surface area (Å²) in [5.74, 6) is 0.476. The highest BCUT2D eigenvalue weighted by Gasteiger charge is 2.26. The maximum Gasteiger partial charge on any atom is 0.222 e. The Balaban J connectivity index is 1.73. The van der Waals surface area contributed by atoms with Gasteiger partial charge in [-0.3, -0.25) is 9.59 Å². The van der Waals surface area contributed by atoms with E-state index in [1.807, 2.05) is 9.80 Å². The van der Waals surface area contributed by atoms with Crippen LogP contribution in [0.2, 0.25) is 0 Å². The lowest BCUT2D eigenvalue weighted by molar-refractivity contribution is -0.137. The molecule has 126 valence electrons. The summed E-state index contributed by atoms with van der Waals surface area (Å²) in [6, 6.07) is 0.310. The van der Waals surface area contributed by atoms with Crippen LogP contribution in [-0.2, 0) is 9.59 Å². The van der Waals surface area contributed by atoms with Gasteiger partial charge in [-0.1, -0.05) is 0 Å². The summed E-state index contributed by atoms with van der Waals surface area (Å²) >= 11 is 0. The monoisotopic (exact) mass is 310 g/mol. The Morgan fingerprint density at radius 1 is 1.14 bits per heavy atom. The maximum absolute atomic E-state index is 12.5. The van der Waals surface area contributed by atoms with Gasteiger partial charge in [-0.15, -0.1) is 0 Å². The quantitative estimate of drug-likeness (QED) is 0.781. The second-order valence-corrected chi connectivity index (χ2v) is 6.54. The predicted molar refractivity (Wildman–Crippen MR) is 85.3 cm³/mol. The van der Waals surface area contributed by atoms with Gasteiger partial charge in [0.1, 0.15) is 0 Å². The fourth-order valence-corrected chi connectivity index (χ4v) is 3.62. The lowest BCUT2D eigenvalue weighted by atomic mass is 9.97. The molecule has 0 aromatic carbocycles. The molecule has 2 heterocycles. The number of rotatable bonds is 7. The smallest absolute Gasteiger partial charge is 0.222 e. The molecule has 0 aliphatic carbocycles. The van der Waals surface area contributed by atoms with Gasteiger partial charge in [0.2, 0.25) is 11.8 Å². The summed E-state index contributed by atoms with van der Waals surface area (Å²) in [5.41, 5.74) is 0. The molecule has 2 amide bonds. The summed E-state index contributed by atoms with van der Waals surface area (Å²) < 4.78 is 0. The first-order chi connectivity index (χ1) is 10.7. The number of aliphatic hydroxyl groups excluding tert-OH is 1. The SMILES string of the molecule is O=C1CCCCN1CCCC(=O)N1CCCCC1CCCO. The number of likely N-dealkylation sites (tertiary alicyclic amines) is 2. The van der Waals surface area contributed by atoms with Crippen LogP contribution in [0, 0.1) is 0 Å². The van der Waals surface area contributed by atoms with E-state index in [4.69, 9.17) is 5.11 Å². The first kappa shape index (κ1) is 17.3. The van der Waals surface area contributed by atoms with Gasteiger partial charge in [0.15, 0.2) is 0 Å². The molecule has 0 spiro atoms. The van der Waals surface area contributed by atoms with Gasteiger partial charge in [0.25, 0.3) is 0 Å². The summed E-state index contributed by atoms with van der Waals surface area (Å²) in [4.78, 5) is 28.1. The summed E-state index contributed by atoms with van der Waals surface area (Å²) in [6.07, 6.45) is 9.11. The molecule has 22 heavy (non-hydrogen) atoms. The largest absolute Gasteiger partial charge is 0.396 e. The molecule has 1 N–H and O–H groups in total. The van der Waals surface area contributed by atoms with Crippen LogP contribution in [0.1, 0.15) is 64.2 Å². The van der Waals surface area contributed by atoms with Crippen molar-refractivity contribution in [2.24, 2.45) is 0 Å². The second kappa shape index (κ2) is 9.13. The summed E-state index contributed by atoms with van der Waals surface area (Å²) in [5, 5.41) is 8.99. The summed E-state index contributed by atoms with van der Waals surface area (Å²) in [7, 11) is 0. The van der Waals surface area contributed by atoms with Crippen LogP contribution in [0.15, 0.2) is 0 Å². The van der Waals surface area contributed by atoms with Crippen LogP contribution in [0.5, 0.6) is 0 Å². The maximum atomic E-state index is 12.5. The molecular weight excluding hydrogens is 280 g/mol. The van der Waals surface area contributed by atoms with Crippen LogP contribution in [-0.4, -0.2) is 59.0 Å². The summed E-state index contributed by atoms with van der Waals surface area (Å²) in [6.45, 7) is 2.64. The average Bonchev–Trinajstić information content (AvgIpc) is 2.55. The van der Waals surface area contributed by atoms with Gasteiger partial charge in [-0.25, -0.2) is 0 Å². The molecule has 2 saturated heterocycles. The van der Waals surface area contributed by atoms with E-state index in [-0.39, 0.29) is 18.4 Å². The van der Waals surface area contributed by atoms with Crippen LogP contribution in [0.4, 0.5) is 0 Å². The number of carbonyl (C=O) groups excluding carboxylic acids is 2. The van der Waals surface area contributed by atoms with Gasteiger partial charge >= 0.3 is 0 Å². The molecule has 2 aliphatic rings. The van der Waals surface area contributed by atoms with Crippen molar-refractivity contribution in [3.8, 4) is 0 Å². The Bertz CT molecular complexity index is 373. The predicted octanol–water partition coefficient (Wildman–Crippen LogP) is 1.93. The van der Waals surface area contributed by atoms with E-state index < -0.39 is 0 Å². The van der Waals surface area contributed by atoms with Gasteiger partial charge in [-0.2, -0.15) is 0 Å². The third-order valence-corrected chi connectivity index (χ3v) is 4.88. The third-order valence-electron chi connectivity index (χ3n) is 4.88. The van der Waals surface area contributed by atoms with E-state index in [0.29, 0.717) is 18.9 Å². The van der Waals surface area contributed by atoms with Crippen molar-refractivity contribution in [1.29, 1.82) is 0 Å². The van der Waals surface area contributed by atoms with Crippen molar-refractivity contribution in [1.82, 2.24) is 9.80 Å². The zero-order chi connectivity index (χ0) is 15.8. The number of aliphatic hydroxyl groups is 1. The molecule has 0 aromatic rings. The Labute approximate surface area is 133 Å². The number of piperidine rings is 2. The number of hydrogen-bond acceptors (Lipinski definition) is 3. The lowest BCUT2D eigenvalue weighted by Crippen LogP contribution is -2.44.